The van der Waals surface area contributed by atoms with Gasteiger partial charge in [-0.1, -0.05) is 6.58 Å². The predicted octanol–water partition coefficient (Wildman–Crippen LogP) is 2.63. The van der Waals surface area contributed by atoms with Crippen LogP contribution < -0.4 is 21.1 Å². The minimum Gasteiger partial charge on any atom is -0.378 e. The fourth-order valence-corrected chi connectivity index (χ4v) is 4.87. The van der Waals surface area contributed by atoms with Crippen LogP contribution >= 0.6 is 15.9 Å². The lowest BCUT2D eigenvalue weighted by atomic mass is 10.0. The van der Waals surface area contributed by atoms with Gasteiger partial charge in [0.25, 0.3) is 5.56 Å². The van der Waals surface area contributed by atoms with Crippen molar-refractivity contribution in [1.29, 1.82) is 0 Å². The van der Waals surface area contributed by atoms with Gasteiger partial charge in [0.15, 0.2) is 5.82 Å². The average Bonchev–Trinajstić information content (AvgIpc) is 2.71. The number of ether oxygens (including phenoxy) is 1. The molecule has 2 N–H and O–H groups in total. The van der Waals surface area contributed by atoms with E-state index in [1.165, 1.54) is 10.6 Å². The zero-order chi connectivity index (χ0) is 23.7. The largest absolute Gasteiger partial charge is 0.378 e. The summed E-state index contributed by atoms with van der Waals surface area (Å²) in [4.78, 5) is 33.8. The Balaban J connectivity index is 1.66. The summed E-state index contributed by atoms with van der Waals surface area (Å²) >= 11 is 3.33. The number of hydrogen-bond acceptors (Lipinski definition) is 7. The second-order valence-corrected chi connectivity index (χ2v) is 9.38. The second kappa shape index (κ2) is 9.66. The Morgan fingerprint density at radius 1 is 1.33 bits per heavy atom. The van der Waals surface area contributed by atoms with Gasteiger partial charge in [-0.05, 0) is 53.5 Å². The van der Waals surface area contributed by atoms with Crippen molar-refractivity contribution < 1.29 is 9.53 Å². The highest BCUT2D eigenvalue weighted by atomic mass is 79.9. The number of nitrogens with zero attached hydrogens (tertiary/aromatic N) is 4. The molecule has 0 radical (unpaired) electrons. The van der Waals surface area contributed by atoms with Gasteiger partial charge >= 0.3 is 0 Å². The Labute approximate surface area is 201 Å². The topological polar surface area (TPSA) is 91.7 Å². The molecule has 1 atom stereocenters. The number of anilines is 4. The van der Waals surface area contributed by atoms with Gasteiger partial charge in [-0.3, -0.25) is 14.5 Å². The molecular formula is C23H29BrN6O3. The highest BCUT2D eigenvalue weighted by Gasteiger charge is 2.33. The van der Waals surface area contributed by atoms with Crippen molar-refractivity contribution in [3.63, 3.8) is 0 Å². The number of carbonyl (C=O) groups excluding carboxylic acids is 1. The van der Waals surface area contributed by atoms with Crippen molar-refractivity contribution in [2.24, 2.45) is 7.05 Å². The molecule has 9 nitrogen and oxygen atoms in total. The molecule has 3 heterocycles. The number of amides is 1. The van der Waals surface area contributed by atoms with E-state index in [1.54, 1.807) is 13.2 Å². The fourth-order valence-electron chi connectivity index (χ4n) is 4.38. The molecular weight excluding hydrogens is 488 g/mol. The van der Waals surface area contributed by atoms with Gasteiger partial charge in [0, 0.05) is 44.6 Å². The summed E-state index contributed by atoms with van der Waals surface area (Å²) in [5, 5.41) is 6.07. The monoisotopic (exact) mass is 516 g/mol. The zero-order valence-corrected chi connectivity index (χ0v) is 20.7. The molecule has 2 fully saturated rings. The van der Waals surface area contributed by atoms with Crippen molar-refractivity contribution in [3.05, 3.63) is 51.5 Å². The molecule has 0 spiro atoms. The summed E-state index contributed by atoms with van der Waals surface area (Å²) in [6, 6.07) is 4.57. The van der Waals surface area contributed by atoms with Crippen molar-refractivity contribution >= 4 is 44.7 Å². The molecule has 176 valence electrons. The van der Waals surface area contributed by atoms with Crippen LogP contribution in [-0.4, -0.2) is 65.3 Å². The molecule has 1 aromatic carbocycles. The Hall–Kier alpha value is -2.69. The van der Waals surface area contributed by atoms with E-state index >= 15 is 0 Å². The summed E-state index contributed by atoms with van der Waals surface area (Å²) in [6.07, 6.45) is 2.86. The van der Waals surface area contributed by atoms with E-state index in [-0.39, 0.29) is 23.3 Å². The van der Waals surface area contributed by atoms with E-state index in [2.05, 4.69) is 54.8 Å². The molecule has 2 aromatic rings. The van der Waals surface area contributed by atoms with E-state index < -0.39 is 0 Å². The first-order valence-electron chi connectivity index (χ1n) is 10.9. The van der Waals surface area contributed by atoms with Crippen LogP contribution in [0.4, 0.5) is 22.9 Å². The number of piperazine rings is 1. The van der Waals surface area contributed by atoms with Crippen LogP contribution in [0.2, 0.25) is 0 Å². The summed E-state index contributed by atoms with van der Waals surface area (Å²) in [5.41, 5.74) is 3.04. The molecule has 2 aliphatic rings. The van der Waals surface area contributed by atoms with Gasteiger partial charge < -0.3 is 24.8 Å². The predicted molar refractivity (Wildman–Crippen MR) is 133 cm³/mol. The standard InChI is InChI=1S/C23H29BrN6O3/c1-5-20(31)26-18-9-16(25-22-23(32)28(4)11-19(24)27-22)8-14(2)21(18)30-7-6-29(10-15(30)3)17-12-33-13-17/h5,8-9,11,15,17H,1,6-7,10,12-13H2,2-4H3,(H,25,27)(H,26,31)/t15-/m0/s1. The number of halogens is 1. The van der Waals surface area contributed by atoms with Gasteiger partial charge in [0.05, 0.1) is 30.6 Å². The Kier molecular flexibility index (Phi) is 6.87. The van der Waals surface area contributed by atoms with Gasteiger partial charge in [0.2, 0.25) is 5.91 Å². The smallest absolute Gasteiger partial charge is 0.293 e. The maximum absolute atomic E-state index is 12.5. The molecule has 0 saturated carbocycles. The highest BCUT2D eigenvalue weighted by Crippen LogP contribution is 2.36. The molecule has 33 heavy (non-hydrogen) atoms. The van der Waals surface area contributed by atoms with Gasteiger partial charge in [0.1, 0.15) is 4.60 Å². The second-order valence-electron chi connectivity index (χ2n) is 8.56. The van der Waals surface area contributed by atoms with Crippen molar-refractivity contribution in [2.75, 3.05) is 48.4 Å². The van der Waals surface area contributed by atoms with Gasteiger partial charge in [-0.15, -0.1) is 0 Å². The van der Waals surface area contributed by atoms with Crippen LogP contribution in [0.3, 0.4) is 0 Å². The van der Waals surface area contributed by atoms with Crippen LogP contribution in [0.5, 0.6) is 0 Å². The number of aromatic nitrogens is 2. The number of benzene rings is 1. The molecule has 4 rings (SSSR count). The third-order valence-corrected chi connectivity index (χ3v) is 6.51. The Bertz CT molecular complexity index is 1130. The first-order valence-corrected chi connectivity index (χ1v) is 11.7. The van der Waals surface area contributed by atoms with Crippen LogP contribution in [-0.2, 0) is 16.6 Å². The van der Waals surface area contributed by atoms with Crippen LogP contribution in [0.1, 0.15) is 12.5 Å². The number of nitrogens with one attached hydrogen (secondary N) is 2. The van der Waals surface area contributed by atoms with E-state index in [1.807, 2.05) is 19.1 Å². The van der Waals surface area contributed by atoms with Gasteiger partial charge in [-0.2, -0.15) is 0 Å². The Morgan fingerprint density at radius 2 is 2.09 bits per heavy atom. The van der Waals surface area contributed by atoms with Gasteiger partial charge in [-0.25, -0.2) is 4.98 Å². The number of rotatable bonds is 6. The molecule has 0 unspecified atom stereocenters. The molecule has 2 aliphatic heterocycles. The third kappa shape index (κ3) is 4.97. The minimum absolute atomic E-state index is 0.199. The third-order valence-electron chi connectivity index (χ3n) is 6.13. The lowest BCUT2D eigenvalue weighted by Gasteiger charge is -2.47. The molecule has 1 aromatic heterocycles. The molecule has 1 amide bonds. The highest BCUT2D eigenvalue weighted by molar-refractivity contribution is 9.10. The first-order chi connectivity index (χ1) is 15.8. The van der Waals surface area contributed by atoms with Crippen LogP contribution in [0.15, 0.2) is 40.4 Å². The maximum atomic E-state index is 12.5. The first kappa shape index (κ1) is 23.5. The molecule has 0 bridgehead atoms. The lowest BCUT2D eigenvalue weighted by Crippen LogP contribution is -2.59. The summed E-state index contributed by atoms with van der Waals surface area (Å²) < 4.78 is 7.36. The van der Waals surface area contributed by atoms with Crippen molar-refractivity contribution in [1.82, 2.24) is 14.5 Å². The SMILES string of the molecule is C=CC(=O)Nc1cc(Nc2nc(Br)cn(C)c2=O)cc(C)c1N1CCN(C2COC2)C[C@@H]1C. The Morgan fingerprint density at radius 3 is 2.73 bits per heavy atom. The minimum atomic E-state index is -0.290. The zero-order valence-electron chi connectivity index (χ0n) is 19.1. The van der Waals surface area contributed by atoms with Crippen LogP contribution in [0.25, 0.3) is 0 Å². The summed E-state index contributed by atoms with van der Waals surface area (Å²) in [7, 11) is 1.67. The van der Waals surface area contributed by atoms with E-state index in [0.29, 0.717) is 22.0 Å². The fraction of sp³-hybridized carbons (Fsp3) is 0.435. The molecule has 0 aliphatic carbocycles. The average molecular weight is 517 g/mol. The number of aryl methyl sites for hydroxylation is 2. The normalized spacial score (nSPS) is 19.2. The quantitative estimate of drug-likeness (QED) is 0.570. The molecule has 10 heteroatoms. The number of carbonyl (C=O) groups is 1. The van der Waals surface area contributed by atoms with Crippen molar-refractivity contribution in [3.8, 4) is 0 Å². The lowest BCUT2D eigenvalue weighted by molar-refractivity contribution is -0.111. The molecule has 2 saturated heterocycles. The number of hydrogen-bond donors (Lipinski definition) is 2. The summed E-state index contributed by atoms with van der Waals surface area (Å²) in [6.45, 7) is 12.1. The van der Waals surface area contributed by atoms with E-state index in [9.17, 15) is 9.59 Å². The van der Waals surface area contributed by atoms with Crippen LogP contribution in [0, 0.1) is 6.92 Å². The van der Waals surface area contributed by atoms with Crippen molar-refractivity contribution in [2.45, 2.75) is 25.9 Å². The van der Waals surface area contributed by atoms with E-state index in [0.717, 1.165) is 44.1 Å². The summed E-state index contributed by atoms with van der Waals surface area (Å²) in [5.74, 6) is -0.0908. The maximum Gasteiger partial charge on any atom is 0.293 e. The van der Waals surface area contributed by atoms with E-state index in [4.69, 9.17) is 4.74 Å².